The first-order valence-corrected chi connectivity index (χ1v) is 9.89. The number of benzene rings is 1. The van der Waals surface area contributed by atoms with Gasteiger partial charge in [0.1, 0.15) is 5.78 Å². The van der Waals surface area contributed by atoms with Gasteiger partial charge in [0.05, 0.1) is 27.3 Å². The number of ketones is 2. The molecule has 4 rings (SSSR count). The molecule has 0 unspecified atom stereocenters. The third kappa shape index (κ3) is 3.78. The predicted octanol–water partition coefficient (Wildman–Crippen LogP) is 3.98. The van der Waals surface area contributed by atoms with E-state index in [9.17, 15) is 14.4 Å². The smallest absolute Gasteiger partial charge is 0.251 e. The van der Waals surface area contributed by atoms with Gasteiger partial charge in [-0.05, 0) is 31.0 Å². The lowest BCUT2D eigenvalue weighted by atomic mass is 10.0. The number of amides is 1. The highest BCUT2D eigenvalue weighted by Crippen LogP contribution is 2.33. The molecule has 1 aliphatic rings. The second-order valence-corrected chi connectivity index (χ2v) is 7.88. The number of fused-ring (bicyclic) bond motifs is 1. The molecular weight excluding hydrogens is 413 g/mol. The molecule has 0 bridgehead atoms. The van der Waals surface area contributed by atoms with Crippen LogP contribution in [0.4, 0.5) is 0 Å². The monoisotopic (exact) mass is 429 g/mol. The van der Waals surface area contributed by atoms with Gasteiger partial charge in [0, 0.05) is 47.8 Å². The first kappa shape index (κ1) is 19.6. The van der Waals surface area contributed by atoms with Crippen LogP contribution in [0, 0.1) is 5.92 Å². The Labute approximate surface area is 176 Å². The number of Topliss-reactive ketones (excluding diaryl/α,β-unsaturated/α-hetero) is 1. The Kier molecular flexibility index (Phi) is 5.15. The van der Waals surface area contributed by atoms with Crippen LogP contribution in [0.3, 0.4) is 0 Å². The van der Waals surface area contributed by atoms with E-state index in [1.165, 1.54) is 19.2 Å². The van der Waals surface area contributed by atoms with E-state index >= 15 is 0 Å². The van der Waals surface area contributed by atoms with Crippen LogP contribution < -0.4 is 5.32 Å². The van der Waals surface area contributed by atoms with Gasteiger partial charge in [-0.2, -0.15) is 0 Å². The molecule has 1 saturated carbocycles. The summed E-state index contributed by atoms with van der Waals surface area (Å²) < 4.78 is 0. The highest BCUT2D eigenvalue weighted by molar-refractivity contribution is 6.42. The number of halogens is 2. The Hall–Kier alpha value is -2.70. The molecule has 1 aromatic carbocycles. The zero-order chi connectivity index (χ0) is 20.7. The van der Waals surface area contributed by atoms with Gasteiger partial charge in [-0.3, -0.25) is 19.4 Å². The number of rotatable bonds is 6. The molecule has 148 valence electrons. The van der Waals surface area contributed by atoms with Crippen molar-refractivity contribution in [3.05, 3.63) is 63.0 Å². The molecule has 2 aromatic heterocycles. The van der Waals surface area contributed by atoms with Crippen LogP contribution in [0.25, 0.3) is 10.9 Å². The first-order valence-electron chi connectivity index (χ1n) is 9.13. The normalized spacial score (nSPS) is 13.5. The van der Waals surface area contributed by atoms with Crippen molar-refractivity contribution in [1.29, 1.82) is 0 Å². The maximum absolute atomic E-state index is 13.2. The number of H-pyrrole nitrogens is 1. The Morgan fingerprint density at radius 2 is 1.86 bits per heavy atom. The topological polar surface area (TPSA) is 91.9 Å². The van der Waals surface area contributed by atoms with Gasteiger partial charge in [-0.15, -0.1) is 0 Å². The van der Waals surface area contributed by atoms with E-state index < -0.39 is 0 Å². The highest BCUT2D eigenvalue weighted by Gasteiger charge is 2.29. The minimum absolute atomic E-state index is 0.0913. The zero-order valence-corrected chi connectivity index (χ0v) is 17.0. The second-order valence-electron chi connectivity index (χ2n) is 7.06. The summed E-state index contributed by atoms with van der Waals surface area (Å²) in [6.45, 7) is 0. The van der Waals surface area contributed by atoms with E-state index in [2.05, 4.69) is 15.3 Å². The molecule has 29 heavy (non-hydrogen) atoms. The summed E-state index contributed by atoms with van der Waals surface area (Å²) in [4.78, 5) is 44.5. The molecule has 1 aliphatic carbocycles. The fraction of sp³-hybridized carbons (Fsp3) is 0.238. The molecule has 0 atom stereocenters. The lowest BCUT2D eigenvalue weighted by Gasteiger charge is -2.09. The Bertz CT molecular complexity index is 1140. The highest BCUT2D eigenvalue weighted by atomic mass is 35.5. The fourth-order valence-corrected chi connectivity index (χ4v) is 3.94. The lowest BCUT2D eigenvalue weighted by Crippen LogP contribution is -2.18. The Morgan fingerprint density at radius 3 is 2.48 bits per heavy atom. The van der Waals surface area contributed by atoms with Crippen LogP contribution in [0.5, 0.6) is 0 Å². The number of aromatic amines is 1. The van der Waals surface area contributed by atoms with E-state index in [1.807, 2.05) is 0 Å². The van der Waals surface area contributed by atoms with Crippen LogP contribution in [-0.2, 0) is 11.2 Å². The average molecular weight is 430 g/mol. The minimum Gasteiger partial charge on any atom is -0.359 e. The summed E-state index contributed by atoms with van der Waals surface area (Å²) in [5.74, 6) is -0.399. The maximum atomic E-state index is 13.2. The van der Waals surface area contributed by atoms with Gasteiger partial charge in [-0.25, -0.2) is 0 Å². The van der Waals surface area contributed by atoms with Gasteiger partial charge >= 0.3 is 0 Å². The van der Waals surface area contributed by atoms with Crippen molar-refractivity contribution in [1.82, 2.24) is 15.3 Å². The standard InChI is InChI=1S/C21H17Cl2N3O3/c1-24-21(29)11-4-15(22)19(16(23)5-11)20(28)14-8-26-17-9-25-12(6-13(14)17)7-18(27)10-2-3-10/h4-6,8-10,26H,2-3,7H2,1H3,(H,24,29). The van der Waals surface area contributed by atoms with Crippen molar-refractivity contribution in [2.45, 2.75) is 19.3 Å². The van der Waals surface area contributed by atoms with Crippen molar-refractivity contribution in [2.24, 2.45) is 5.92 Å². The Balaban J connectivity index is 1.71. The molecule has 0 saturated heterocycles. The van der Waals surface area contributed by atoms with Gasteiger partial charge in [-0.1, -0.05) is 23.2 Å². The number of hydrogen-bond acceptors (Lipinski definition) is 4. The Morgan fingerprint density at radius 1 is 1.17 bits per heavy atom. The summed E-state index contributed by atoms with van der Waals surface area (Å²) in [6, 6.07) is 4.57. The molecule has 1 fully saturated rings. The number of aromatic nitrogens is 2. The third-order valence-electron chi connectivity index (χ3n) is 5.01. The number of nitrogens with one attached hydrogen (secondary N) is 2. The number of hydrogen-bond donors (Lipinski definition) is 2. The lowest BCUT2D eigenvalue weighted by molar-refractivity contribution is -0.119. The van der Waals surface area contributed by atoms with E-state index in [-0.39, 0.29) is 51.0 Å². The molecule has 3 aromatic rings. The largest absolute Gasteiger partial charge is 0.359 e. The zero-order valence-electron chi connectivity index (χ0n) is 15.5. The van der Waals surface area contributed by atoms with Crippen LogP contribution in [-0.4, -0.2) is 34.5 Å². The second kappa shape index (κ2) is 7.61. The average Bonchev–Trinajstić information content (AvgIpc) is 3.46. The van der Waals surface area contributed by atoms with E-state index in [4.69, 9.17) is 23.2 Å². The van der Waals surface area contributed by atoms with Gasteiger partial charge in [0.2, 0.25) is 0 Å². The molecule has 1 amide bonds. The van der Waals surface area contributed by atoms with Crippen molar-refractivity contribution in [2.75, 3.05) is 7.05 Å². The fourth-order valence-electron chi connectivity index (χ4n) is 3.28. The number of carbonyl (C=O) groups is 3. The molecule has 2 heterocycles. The summed E-state index contributed by atoms with van der Waals surface area (Å²) in [7, 11) is 1.49. The number of nitrogens with zero attached hydrogens (tertiary/aromatic N) is 1. The van der Waals surface area contributed by atoms with Crippen molar-refractivity contribution in [3.8, 4) is 0 Å². The molecule has 0 aliphatic heterocycles. The first-order chi connectivity index (χ1) is 13.9. The van der Waals surface area contributed by atoms with E-state index in [0.717, 1.165) is 12.8 Å². The van der Waals surface area contributed by atoms with Crippen molar-refractivity contribution >= 4 is 51.6 Å². The quantitative estimate of drug-likeness (QED) is 0.579. The van der Waals surface area contributed by atoms with Crippen molar-refractivity contribution in [3.63, 3.8) is 0 Å². The molecule has 0 spiro atoms. The molecular formula is C21H17Cl2N3O3. The molecule has 2 N–H and O–H groups in total. The summed E-state index contributed by atoms with van der Waals surface area (Å²) in [6.07, 6.45) is 5.32. The number of carbonyl (C=O) groups excluding carboxylic acids is 3. The maximum Gasteiger partial charge on any atom is 0.251 e. The molecule has 6 nitrogen and oxygen atoms in total. The van der Waals surface area contributed by atoms with Crippen molar-refractivity contribution < 1.29 is 14.4 Å². The van der Waals surface area contributed by atoms with Crippen LogP contribution in [0.2, 0.25) is 10.0 Å². The molecule has 0 radical (unpaired) electrons. The summed E-state index contributed by atoms with van der Waals surface area (Å²) in [5.41, 5.74) is 2.05. The van der Waals surface area contributed by atoms with Gasteiger partial charge in [0.15, 0.2) is 5.78 Å². The molecule has 8 heteroatoms. The predicted molar refractivity (Wildman–Crippen MR) is 111 cm³/mol. The minimum atomic E-state index is -0.375. The summed E-state index contributed by atoms with van der Waals surface area (Å²) >= 11 is 12.6. The number of pyridine rings is 1. The van der Waals surface area contributed by atoms with Crippen LogP contribution in [0.15, 0.2) is 30.6 Å². The van der Waals surface area contributed by atoms with Crippen LogP contribution in [0.1, 0.15) is 44.8 Å². The van der Waals surface area contributed by atoms with Gasteiger partial charge in [0.25, 0.3) is 5.91 Å². The summed E-state index contributed by atoms with van der Waals surface area (Å²) in [5, 5.41) is 3.32. The van der Waals surface area contributed by atoms with Gasteiger partial charge < -0.3 is 10.3 Å². The van der Waals surface area contributed by atoms with Crippen LogP contribution >= 0.6 is 23.2 Å². The van der Waals surface area contributed by atoms with E-state index in [1.54, 1.807) is 18.5 Å². The van der Waals surface area contributed by atoms with E-state index in [0.29, 0.717) is 22.2 Å². The third-order valence-corrected chi connectivity index (χ3v) is 5.61. The SMILES string of the molecule is CNC(=O)c1cc(Cl)c(C(=O)c2c[nH]c3cnc(CC(=O)C4CC4)cc23)c(Cl)c1.